The number of hydrogen-bond acceptors (Lipinski definition) is 4. The van der Waals surface area contributed by atoms with Crippen molar-refractivity contribution in [3.05, 3.63) is 58.6 Å². The van der Waals surface area contributed by atoms with E-state index in [4.69, 9.17) is 27.9 Å². The predicted molar refractivity (Wildman–Crippen MR) is 100 cm³/mol. The average molecular weight is 395 g/mol. The van der Waals surface area contributed by atoms with Gasteiger partial charge >= 0.3 is 5.97 Å². The summed E-state index contributed by atoms with van der Waals surface area (Å²) in [6, 6.07) is 13.1. The highest BCUT2D eigenvalue weighted by atomic mass is 35.5. The topological polar surface area (TPSA) is 84.5 Å². The lowest BCUT2D eigenvalue weighted by atomic mass is 10.2. The number of esters is 1. The molecule has 0 bridgehead atoms. The minimum atomic E-state index is -0.637. The summed E-state index contributed by atoms with van der Waals surface area (Å²) in [6.45, 7) is -0.430. The summed E-state index contributed by atoms with van der Waals surface area (Å²) in [5.41, 5.74) is 1.12. The summed E-state index contributed by atoms with van der Waals surface area (Å²) in [6.07, 6.45) is -0.187. The smallest absolute Gasteiger partial charge is 0.306 e. The van der Waals surface area contributed by atoms with E-state index in [0.717, 1.165) is 0 Å². The normalized spacial score (nSPS) is 10.1. The van der Waals surface area contributed by atoms with Crippen molar-refractivity contribution in [3.8, 4) is 0 Å². The number of halogens is 2. The zero-order chi connectivity index (χ0) is 18.9. The minimum absolute atomic E-state index is 0.0553. The molecule has 136 valence electrons. The highest BCUT2D eigenvalue weighted by Gasteiger charge is 2.11. The largest absolute Gasteiger partial charge is 0.456 e. The number of benzene rings is 2. The van der Waals surface area contributed by atoms with Crippen LogP contribution in [0.15, 0.2) is 48.5 Å². The molecule has 0 aliphatic rings. The molecule has 2 aromatic carbocycles. The summed E-state index contributed by atoms with van der Waals surface area (Å²) in [5, 5.41) is 6.30. The van der Waals surface area contributed by atoms with Crippen molar-refractivity contribution < 1.29 is 19.1 Å². The van der Waals surface area contributed by atoms with Gasteiger partial charge in [0.1, 0.15) is 0 Å². The van der Waals surface area contributed by atoms with Crippen LogP contribution < -0.4 is 10.6 Å². The van der Waals surface area contributed by atoms with Crippen LogP contribution in [0.1, 0.15) is 12.8 Å². The van der Waals surface area contributed by atoms with Crippen LogP contribution in [0.3, 0.4) is 0 Å². The second kappa shape index (κ2) is 9.79. The number of rotatable bonds is 7. The van der Waals surface area contributed by atoms with E-state index in [0.29, 0.717) is 21.4 Å². The molecule has 0 saturated heterocycles. The summed E-state index contributed by atoms with van der Waals surface area (Å²) in [4.78, 5) is 35.1. The minimum Gasteiger partial charge on any atom is -0.456 e. The van der Waals surface area contributed by atoms with Gasteiger partial charge in [-0.3, -0.25) is 14.4 Å². The summed E-state index contributed by atoms with van der Waals surface area (Å²) in [5.74, 6) is -1.45. The highest BCUT2D eigenvalue weighted by molar-refractivity contribution is 6.31. The van der Waals surface area contributed by atoms with E-state index in [1.54, 1.807) is 48.5 Å². The lowest BCUT2D eigenvalue weighted by Gasteiger charge is -2.07. The maximum Gasteiger partial charge on any atom is 0.306 e. The monoisotopic (exact) mass is 394 g/mol. The van der Waals surface area contributed by atoms with Crippen molar-refractivity contribution in [2.45, 2.75) is 12.8 Å². The van der Waals surface area contributed by atoms with Gasteiger partial charge in [-0.25, -0.2) is 0 Å². The average Bonchev–Trinajstić information content (AvgIpc) is 2.62. The molecule has 0 heterocycles. The predicted octanol–water partition coefficient (Wildman–Crippen LogP) is 3.89. The first-order valence-corrected chi connectivity index (χ1v) is 8.44. The summed E-state index contributed by atoms with van der Waals surface area (Å²) in [7, 11) is 0. The zero-order valence-electron chi connectivity index (χ0n) is 13.6. The van der Waals surface area contributed by atoms with Crippen LogP contribution in [-0.4, -0.2) is 24.4 Å². The van der Waals surface area contributed by atoms with Crippen molar-refractivity contribution >= 4 is 52.4 Å². The number of carbonyl (C=O) groups is 3. The molecule has 0 spiro atoms. The van der Waals surface area contributed by atoms with E-state index in [1.807, 2.05) is 0 Å². The van der Waals surface area contributed by atoms with Crippen molar-refractivity contribution in [2.24, 2.45) is 0 Å². The van der Waals surface area contributed by atoms with Crippen LogP contribution in [0.5, 0.6) is 0 Å². The van der Waals surface area contributed by atoms with Crippen LogP contribution in [0.25, 0.3) is 0 Å². The molecule has 2 amide bonds. The molecule has 0 aliphatic carbocycles. The van der Waals surface area contributed by atoms with Gasteiger partial charge in [0.25, 0.3) is 5.91 Å². The third-order valence-corrected chi connectivity index (χ3v) is 3.68. The van der Waals surface area contributed by atoms with Gasteiger partial charge in [0.05, 0.1) is 6.42 Å². The Balaban J connectivity index is 1.66. The number of nitrogens with one attached hydrogen (secondary N) is 2. The summed E-state index contributed by atoms with van der Waals surface area (Å²) >= 11 is 11.5. The van der Waals surface area contributed by atoms with E-state index >= 15 is 0 Å². The Labute approximate surface area is 160 Å². The fourth-order valence-electron chi connectivity index (χ4n) is 1.92. The van der Waals surface area contributed by atoms with E-state index in [-0.39, 0.29) is 18.7 Å². The maximum absolute atomic E-state index is 11.8. The molecule has 0 aliphatic heterocycles. The highest BCUT2D eigenvalue weighted by Crippen LogP contribution is 2.14. The van der Waals surface area contributed by atoms with Gasteiger partial charge in [0, 0.05) is 27.8 Å². The molecule has 8 heteroatoms. The van der Waals surface area contributed by atoms with Crippen LogP contribution in [0, 0.1) is 0 Å². The molecule has 2 rings (SSSR count). The van der Waals surface area contributed by atoms with Crippen molar-refractivity contribution in [1.29, 1.82) is 0 Å². The Morgan fingerprint density at radius 3 is 1.69 bits per heavy atom. The first-order chi connectivity index (χ1) is 12.4. The first-order valence-electron chi connectivity index (χ1n) is 7.69. The molecule has 0 radical (unpaired) electrons. The standard InChI is InChI=1S/C18H16Cl2N2O4/c19-12-1-5-14(6-2-12)21-16(23)9-10-18(25)26-11-17(24)22-15-7-3-13(20)4-8-15/h1-8H,9-11H2,(H,21,23)(H,22,24). The van der Waals surface area contributed by atoms with E-state index in [1.165, 1.54) is 0 Å². The van der Waals surface area contributed by atoms with Gasteiger partial charge in [-0.15, -0.1) is 0 Å². The quantitative estimate of drug-likeness (QED) is 0.697. The van der Waals surface area contributed by atoms with Gasteiger partial charge in [-0.1, -0.05) is 23.2 Å². The van der Waals surface area contributed by atoms with Crippen molar-refractivity contribution in [3.63, 3.8) is 0 Å². The van der Waals surface area contributed by atoms with Crippen LogP contribution in [0.4, 0.5) is 11.4 Å². The number of hydrogen-bond donors (Lipinski definition) is 2. The molecule has 2 aromatic rings. The van der Waals surface area contributed by atoms with Gasteiger partial charge in [0.2, 0.25) is 5.91 Å². The van der Waals surface area contributed by atoms with Crippen LogP contribution in [0.2, 0.25) is 10.0 Å². The van der Waals surface area contributed by atoms with Crippen molar-refractivity contribution in [2.75, 3.05) is 17.2 Å². The molecule has 0 unspecified atom stereocenters. The fourth-order valence-corrected chi connectivity index (χ4v) is 2.17. The third kappa shape index (κ3) is 7.13. The lowest BCUT2D eigenvalue weighted by molar-refractivity contribution is -0.147. The second-order valence-corrected chi connectivity index (χ2v) is 6.14. The van der Waals surface area contributed by atoms with Gasteiger partial charge in [-0.2, -0.15) is 0 Å². The Morgan fingerprint density at radius 2 is 1.19 bits per heavy atom. The fraction of sp³-hybridized carbons (Fsp3) is 0.167. The number of carbonyl (C=O) groups excluding carboxylic acids is 3. The number of anilines is 2. The second-order valence-electron chi connectivity index (χ2n) is 5.27. The van der Waals surface area contributed by atoms with E-state index in [2.05, 4.69) is 10.6 Å². The molecular weight excluding hydrogens is 379 g/mol. The van der Waals surface area contributed by atoms with Crippen LogP contribution in [-0.2, 0) is 19.1 Å². The van der Waals surface area contributed by atoms with E-state index < -0.39 is 18.5 Å². The third-order valence-electron chi connectivity index (χ3n) is 3.18. The van der Waals surface area contributed by atoms with Gasteiger partial charge in [0.15, 0.2) is 6.61 Å². The lowest BCUT2D eigenvalue weighted by Crippen LogP contribution is -2.21. The Bertz CT molecular complexity index is 711. The zero-order valence-corrected chi connectivity index (χ0v) is 15.1. The molecule has 0 atom stereocenters. The number of amides is 2. The maximum atomic E-state index is 11.8. The Morgan fingerprint density at radius 1 is 0.731 bits per heavy atom. The SMILES string of the molecule is O=C(CCC(=O)OCC(=O)Nc1ccc(Cl)cc1)Nc1ccc(Cl)cc1. The Hall–Kier alpha value is -2.57. The van der Waals surface area contributed by atoms with Gasteiger partial charge in [-0.05, 0) is 48.5 Å². The van der Waals surface area contributed by atoms with E-state index in [9.17, 15) is 14.4 Å². The molecule has 0 fully saturated rings. The summed E-state index contributed by atoms with van der Waals surface area (Å²) < 4.78 is 4.84. The van der Waals surface area contributed by atoms with Crippen molar-refractivity contribution in [1.82, 2.24) is 0 Å². The van der Waals surface area contributed by atoms with Gasteiger partial charge < -0.3 is 15.4 Å². The molecule has 0 saturated carbocycles. The molecule has 0 aromatic heterocycles. The van der Waals surface area contributed by atoms with Crippen LogP contribution >= 0.6 is 23.2 Å². The first kappa shape index (κ1) is 19.8. The Kier molecular flexibility index (Phi) is 7.44. The number of ether oxygens (including phenoxy) is 1. The molecular formula is C18H16Cl2N2O4. The molecule has 26 heavy (non-hydrogen) atoms. The molecule has 2 N–H and O–H groups in total. The molecule has 6 nitrogen and oxygen atoms in total.